The number of anilines is 2. The van der Waals surface area contributed by atoms with Gasteiger partial charge in [-0.25, -0.2) is 0 Å². The standard InChI is InChI=1S/C16H22N2O3S/c1-3-17(8-9-19)13-4-6-14(7-5-13)18-11-15(10-16(18)21)22-12(2)20/h4-7,15,19H,3,8-11H2,1-2H3. The van der Waals surface area contributed by atoms with Crippen molar-refractivity contribution < 1.29 is 14.7 Å². The smallest absolute Gasteiger partial charge is 0.228 e. The van der Waals surface area contributed by atoms with Gasteiger partial charge in [-0.05, 0) is 31.2 Å². The van der Waals surface area contributed by atoms with E-state index >= 15 is 0 Å². The third kappa shape index (κ3) is 4.01. The minimum Gasteiger partial charge on any atom is -0.395 e. The molecule has 1 amide bonds. The van der Waals surface area contributed by atoms with Crippen molar-refractivity contribution in [2.24, 2.45) is 0 Å². The van der Waals surface area contributed by atoms with E-state index < -0.39 is 0 Å². The van der Waals surface area contributed by atoms with Gasteiger partial charge in [0, 0.05) is 49.6 Å². The van der Waals surface area contributed by atoms with Crippen LogP contribution in [0.5, 0.6) is 0 Å². The van der Waals surface area contributed by atoms with Crippen molar-refractivity contribution in [3.8, 4) is 0 Å². The second-order valence-electron chi connectivity index (χ2n) is 5.26. The van der Waals surface area contributed by atoms with Crippen molar-refractivity contribution in [3.63, 3.8) is 0 Å². The molecule has 1 aromatic carbocycles. The number of thioether (sulfide) groups is 1. The SMILES string of the molecule is CCN(CCO)c1ccc(N2CC(SC(C)=O)CC2=O)cc1. The van der Waals surface area contributed by atoms with Gasteiger partial charge in [0.2, 0.25) is 5.91 Å². The minimum absolute atomic E-state index is 0.0474. The van der Waals surface area contributed by atoms with Crippen LogP contribution in [-0.4, -0.2) is 47.6 Å². The van der Waals surface area contributed by atoms with Crippen LogP contribution in [0.15, 0.2) is 24.3 Å². The van der Waals surface area contributed by atoms with E-state index in [0.29, 0.717) is 19.5 Å². The first-order chi connectivity index (χ1) is 10.5. The topological polar surface area (TPSA) is 60.9 Å². The molecule has 1 unspecified atom stereocenters. The fraction of sp³-hybridized carbons (Fsp3) is 0.500. The molecule has 0 aliphatic carbocycles. The van der Waals surface area contributed by atoms with Crippen molar-refractivity contribution in [1.29, 1.82) is 0 Å². The van der Waals surface area contributed by atoms with E-state index in [0.717, 1.165) is 17.9 Å². The fourth-order valence-corrected chi connectivity index (χ4v) is 3.59. The summed E-state index contributed by atoms with van der Waals surface area (Å²) in [4.78, 5) is 27.1. The largest absolute Gasteiger partial charge is 0.395 e. The van der Waals surface area contributed by atoms with Crippen molar-refractivity contribution in [2.75, 3.05) is 36.0 Å². The second-order valence-corrected chi connectivity index (χ2v) is 6.74. The van der Waals surface area contributed by atoms with Gasteiger partial charge in [0.05, 0.1) is 6.61 Å². The molecule has 120 valence electrons. The molecular formula is C16H22N2O3S. The Morgan fingerprint density at radius 2 is 2.09 bits per heavy atom. The van der Waals surface area contributed by atoms with Gasteiger partial charge in [-0.3, -0.25) is 9.59 Å². The Morgan fingerprint density at radius 1 is 1.41 bits per heavy atom. The van der Waals surface area contributed by atoms with E-state index in [2.05, 4.69) is 4.90 Å². The lowest BCUT2D eigenvalue weighted by Gasteiger charge is -2.23. The van der Waals surface area contributed by atoms with Crippen molar-refractivity contribution in [1.82, 2.24) is 0 Å². The highest BCUT2D eigenvalue weighted by Crippen LogP contribution is 2.29. The van der Waals surface area contributed by atoms with Crippen LogP contribution in [0.4, 0.5) is 11.4 Å². The number of amides is 1. The van der Waals surface area contributed by atoms with Gasteiger partial charge in [-0.2, -0.15) is 0 Å². The number of carbonyl (C=O) groups is 2. The minimum atomic E-state index is 0.0474. The Bertz CT molecular complexity index is 533. The van der Waals surface area contributed by atoms with Crippen LogP contribution in [-0.2, 0) is 9.59 Å². The molecular weight excluding hydrogens is 300 g/mol. The zero-order chi connectivity index (χ0) is 16.1. The highest BCUT2D eigenvalue weighted by molar-refractivity contribution is 8.14. The summed E-state index contributed by atoms with van der Waals surface area (Å²) < 4.78 is 0. The first kappa shape index (κ1) is 16.8. The summed E-state index contributed by atoms with van der Waals surface area (Å²) in [7, 11) is 0. The number of hydrogen-bond donors (Lipinski definition) is 1. The molecule has 6 heteroatoms. The molecule has 5 nitrogen and oxygen atoms in total. The maximum absolute atomic E-state index is 12.1. The molecule has 1 aromatic rings. The zero-order valence-corrected chi connectivity index (χ0v) is 13.8. The number of likely N-dealkylation sites (N-methyl/N-ethyl adjacent to an activating group) is 1. The van der Waals surface area contributed by atoms with Gasteiger partial charge in [0.1, 0.15) is 0 Å². The summed E-state index contributed by atoms with van der Waals surface area (Å²) in [5.41, 5.74) is 1.89. The molecule has 1 saturated heterocycles. The molecule has 1 fully saturated rings. The predicted octanol–water partition coefficient (Wildman–Crippen LogP) is 1.89. The van der Waals surface area contributed by atoms with Crippen molar-refractivity contribution >= 4 is 34.2 Å². The highest BCUT2D eigenvalue weighted by Gasteiger charge is 2.31. The number of aliphatic hydroxyl groups is 1. The lowest BCUT2D eigenvalue weighted by atomic mass is 10.2. The molecule has 1 N–H and O–H groups in total. The Kier molecular flexibility index (Phi) is 5.85. The van der Waals surface area contributed by atoms with Gasteiger partial charge in [0.15, 0.2) is 5.12 Å². The van der Waals surface area contributed by atoms with Gasteiger partial charge in [-0.15, -0.1) is 0 Å². The molecule has 1 aliphatic heterocycles. The average Bonchev–Trinajstić information content (AvgIpc) is 2.84. The van der Waals surface area contributed by atoms with Crippen LogP contribution in [0.1, 0.15) is 20.3 Å². The highest BCUT2D eigenvalue weighted by atomic mass is 32.2. The van der Waals surface area contributed by atoms with Crippen LogP contribution >= 0.6 is 11.8 Å². The third-order valence-electron chi connectivity index (χ3n) is 3.70. The molecule has 2 rings (SSSR count). The first-order valence-corrected chi connectivity index (χ1v) is 8.36. The average molecular weight is 322 g/mol. The number of carbonyl (C=O) groups excluding carboxylic acids is 2. The number of aliphatic hydroxyl groups excluding tert-OH is 1. The number of rotatable bonds is 6. The van der Waals surface area contributed by atoms with Gasteiger partial charge in [0.25, 0.3) is 0 Å². The summed E-state index contributed by atoms with van der Waals surface area (Å²) in [6.45, 7) is 5.68. The van der Waals surface area contributed by atoms with Gasteiger partial charge < -0.3 is 14.9 Å². The normalized spacial score (nSPS) is 17.9. The third-order valence-corrected chi connectivity index (χ3v) is 4.68. The number of benzene rings is 1. The maximum atomic E-state index is 12.1. The molecule has 1 aliphatic rings. The Labute approximate surface area is 135 Å². The monoisotopic (exact) mass is 322 g/mol. The van der Waals surface area contributed by atoms with E-state index in [1.807, 2.05) is 31.2 Å². The van der Waals surface area contributed by atoms with Gasteiger partial charge >= 0.3 is 0 Å². The molecule has 22 heavy (non-hydrogen) atoms. The van der Waals surface area contributed by atoms with E-state index in [-0.39, 0.29) is 22.9 Å². The summed E-state index contributed by atoms with van der Waals surface area (Å²) in [5, 5.41) is 9.17. The van der Waals surface area contributed by atoms with Crippen LogP contribution < -0.4 is 9.80 Å². The number of hydrogen-bond acceptors (Lipinski definition) is 5. The Balaban J connectivity index is 2.07. The van der Waals surface area contributed by atoms with Gasteiger partial charge in [-0.1, -0.05) is 11.8 Å². The Morgan fingerprint density at radius 3 is 2.64 bits per heavy atom. The van der Waals surface area contributed by atoms with E-state index in [1.165, 1.54) is 18.7 Å². The summed E-state index contributed by atoms with van der Waals surface area (Å²) in [6.07, 6.45) is 0.414. The van der Waals surface area contributed by atoms with E-state index in [4.69, 9.17) is 5.11 Å². The van der Waals surface area contributed by atoms with Crippen LogP contribution in [0.2, 0.25) is 0 Å². The summed E-state index contributed by atoms with van der Waals surface area (Å²) in [6, 6.07) is 7.78. The lowest BCUT2D eigenvalue weighted by molar-refractivity contribution is -0.117. The molecule has 0 radical (unpaired) electrons. The molecule has 0 aromatic heterocycles. The van der Waals surface area contributed by atoms with Crippen LogP contribution in [0, 0.1) is 0 Å². The second kappa shape index (κ2) is 7.65. The fourth-order valence-electron chi connectivity index (χ4n) is 2.67. The summed E-state index contributed by atoms with van der Waals surface area (Å²) in [5.74, 6) is 0.0641. The number of nitrogens with zero attached hydrogens (tertiary/aromatic N) is 2. The molecule has 0 bridgehead atoms. The molecule has 1 atom stereocenters. The maximum Gasteiger partial charge on any atom is 0.228 e. The van der Waals surface area contributed by atoms with Crippen LogP contribution in [0.3, 0.4) is 0 Å². The lowest BCUT2D eigenvalue weighted by Crippen LogP contribution is -2.27. The van der Waals surface area contributed by atoms with Crippen molar-refractivity contribution in [2.45, 2.75) is 25.5 Å². The van der Waals surface area contributed by atoms with E-state index in [1.54, 1.807) is 4.90 Å². The Hall–Kier alpha value is -1.53. The summed E-state index contributed by atoms with van der Waals surface area (Å²) >= 11 is 1.25. The molecule has 0 saturated carbocycles. The zero-order valence-electron chi connectivity index (χ0n) is 13.0. The quantitative estimate of drug-likeness (QED) is 0.867. The predicted molar refractivity (Wildman–Crippen MR) is 90.4 cm³/mol. The molecule has 0 spiro atoms. The van der Waals surface area contributed by atoms with Crippen LogP contribution in [0.25, 0.3) is 0 Å². The first-order valence-electron chi connectivity index (χ1n) is 7.48. The van der Waals surface area contributed by atoms with E-state index in [9.17, 15) is 9.59 Å². The van der Waals surface area contributed by atoms with Crippen molar-refractivity contribution in [3.05, 3.63) is 24.3 Å². The molecule has 1 heterocycles.